The van der Waals surface area contributed by atoms with Crippen LogP contribution in [0.1, 0.15) is 18.2 Å². The van der Waals surface area contributed by atoms with Crippen LogP contribution >= 0.6 is 23.1 Å². The van der Waals surface area contributed by atoms with Gasteiger partial charge in [-0.15, -0.1) is 5.10 Å². The van der Waals surface area contributed by atoms with Gasteiger partial charge in [-0.1, -0.05) is 41.2 Å². The fourth-order valence-electron chi connectivity index (χ4n) is 1.56. The first kappa shape index (κ1) is 12.5. The Hall–Kier alpha value is -0.970. The fraction of sp³-hybridized carbons (Fsp3) is 0.333. The third kappa shape index (κ3) is 3.03. The monoisotopic (exact) mass is 267 g/mol. The van der Waals surface area contributed by atoms with Gasteiger partial charge in [0.25, 0.3) is 0 Å². The van der Waals surface area contributed by atoms with Gasteiger partial charge < -0.3 is 5.32 Å². The second kappa shape index (κ2) is 6.10. The first-order valence-corrected chi connectivity index (χ1v) is 6.75. The molecule has 2 aromatic rings. The second-order valence-electron chi connectivity index (χ2n) is 3.70. The van der Waals surface area contributed by atoms with Crippen LogP contribution in [0.25, 0.3) is 11.3 Å². The van der Waals surface area contributed by atoms with Crippen molar-refractivity contribution in [3.05, 3.63) is 34.2 Å². The van der Waals surface area contributed by atoms with Crippen LogP contribution in [0.4, 0.5) is 0 Å². The van der Waals surface area contributed by atoms with E-state index in [0.29, 0.717) is 0 Å². The number of nitrogens with one attached hydrogen (secondary N) is 1. The Kier molecular flexibility index (Phi) is 4.48. The van der Waals surface area contributed by atoms with Crippen LogP contribution in [0.2, 0.25) is 5.02 Å². The van der Waals surface area contributed by atoms with E-state index in [0.717, 1.165) is 40.7 Å². The van der Waals surface area contributed by atoms with Gasteiger partial charge in [0.1, 0.15) is 5.69 Å². The molecule has 3 nitrogen and oxygen atoms in total. The number of halogens is 1. The minimum atomic E-state index is 0.719. The van der Waals surface area contributed by atoms with E-state index in [9.17, 15) is 0 Å². The van der Waals surface area contributed by atoms with Crippen LogP contribution in [0.15, 0.2) is 24.3 Å². The molecule has 90 valence electrons. The van der Waals surface area contributed by atoms with Crippen LogP contribution in [-0.2, 0) is 6.54 Å². The summed E-state index contributed by atoms with van der Waals surface area (Å²) in [4.78, 5) is 1.13. The molecule has 0 fully saturated rings. The SMILES string of the molecule is CCCNCc1snnc1-c1ccccc1Cl. The standard InChI is InChI=1S/C12H14ClN3S/c1-2-7-14-8-11-12(15-16-17-11)9-5-3-4-6-10(9)13/h3-6,14H,2,7-8H2,1H3. The van der Waals surface area contributed by atoms with Gasteiger partial charge in [-0.25, -0.2) is 0 Å². The molecule has 0 bridgehead atoms. The maximum absolute atomic E-state index is 6.17. The molecule has 0 unspecified atom stereocenters. The van der Waals surface area contributed by atoms with E-state index in [1.165, 1.54) is 11.5 Å². The van der Waals surface area contributed by atoms with E-state index in [1.54, 1.807) is 0 Å². The Bertz CT molecular complexity index is 484. The minimum absolute atomic E-state index is 0.719. The number of nitrogens with zero attached hydrogens (tertiary/aromatic N) is 2. The van der Waals surface area contributed by atoms with E-state index in [2.05, 4.69) is 21.8 Å². The molecule has 17 heavy (non-hydrogen) atoms. The van der Waals surface area contributed by atoms with Crippen molar-refractivity contribution < 1.29 is 0 Å². The lowest BCUT2D eigenvalue weighted by Gasteiger charge is -2.04. The highest BCUT2D eigenvalue weighted by atomic mass is 35.5. The molecule has 0 atom stereocenters. The summed E-state index contributed by atoms with van der Waals surface area (Å²) in [6, 6.07) is 7.73. The van der Waals surface area contributed by atoms with Crippen LogP contribution in [0.3, 0.4) is 0 Å². The summed E-state index contributed by atoms with van der Waals surface area (Å²) < 4.78 is 4.01. The van der Waals surface area contributed by atoms with Crippen molar-refractivity contribution in [3.63, 3.8) is 0 Å². The first-order chi connectivity index (χ1) is 8.33. The topological polar surface area (TPSA) is 37.8 Å². The lowest BCUT2D eigenvalue weighted by Crippen LogP contribution is -2.13. The van der Waals surface area contributed by atoms with Crippen molar-refractivity contribution in [2.24, 2.45) is 0 Å². The summed E-state index contributed by atoms with van der Waals surface area (Å²) in [6.45, 7) is 3.94. The Morgan fingerprint density at radius 1 is 1.35 bits per heavy atom. The number of rotatable bonds is 5. The largest absolute Gasteiger partial charge is 0.312 e. The van der Waals surface area contributed by atoms with E-state index < -0.39 is 0 Å². The Morgan fingerprint density at radius 3 is 2.94 bits per heavy atom. The van der Waals surface area contributed by atoms with Gasteiger partial charge in [0.2, 0.25) is 0 Å². The molecule has 2 rings (SSSR count). The molecule has 0 aliphatic rings. The maximum Gasteiger partial charge on any atom is 0.111 e. The molecule has 0 saturated heterocycles. The maximum atomic E-state index is 6.17. The average Bonchev–Trinajstić information content (AvgIpc) is 2.78. The van der Waals surface area contributed by atoms with Crippen LogP contribution in [-0.4, -0.2) is 16.1 Å². The van der Waals surface area contributed by atoms with Crippen LogP contribution in [0, 0.1) is 0 Å². The quantitative estimate of drug-likeness (QED) is 0.844. The van der Waals surface area contributed by atoms with Crippen molar-refractivity contribution in [1.82, 2.24) is 14.9 Å². The highest BCUT2D eigenvalue weighted by molar-refractivity contribution is 7.06. The Labute approximate surface area is 110 Å². The van der Waals surface area contributed by atoms with E-state index >= 15 is 0 Å². The number of aromatic nitrogens is 2. The zero-order valence-corrected chi connectivity index (χ0v) is 11.2. The summed E-state index contributed by atoms with van der Waals surface area (Å²) in [5, 5.41) is 8.24. The molecule has 1 heterocycles. The van der Waals surface area contributed by atoms with Crippen molar-refractivity contribution >= 4 is 23.1 Å². The molecular weight excluding hydrogens is 254 g/mol. The molecular formula is C12H14ClN3S. The summed E-state index contributed by atoms with van der Waals surface area (Å²) in [6.07, 6.45) is 1.12. The van der Waals surface area contributed by atoms with Gasteiger partial charge in [-0.3, -0.25) is 0 Å². The normalized spacial score (nSPS) is 10.7. The third-order valence-electron chi connectivity index (χ3n) is 2.40. The Balaban J connectivity index is 2.22. The number of benzene rings is 1. The van der Waals surface area contributed by atoms with E-state index in [-0.39, 0.29) is 0 Å². The predicted molar refractivity (Wildman–Crippen MR) is 72.4 cm³/mol. The number of hydrogen-bond acceptors (Lipinski definition) is 4. The molecule has 0 amide bonds. The van der Waals surface area contributed by atoms with Gasteiger partial charge in [0, 0.05) is 12.1 Å². The van der Waals surface area contributed by atoms with Crippen molar-refractivity contribution in [1.29, 1.82) is 0 Å². The van der Waals surface area contributed by atoms with Gasteiger partial charge in [0.15, 0.2) is 0 Å². The lowest BCUT2D eigenvalue weighted by atomic mass is 10.1. The highest BCUT2D eigenvalue weighted by Gasteiger charge is 2.12. The van der Waals surface area contributed by atoms with Crippen molar-refractivity contribution in [3.8, 4) is 11.3 Å². The smallest absolute Gasteiger partial charge is 0.111 e. The van der Waals surface area contributed by atoms with Gasteiger partial charge in [-0.2, -0.15) is 0 Å². The molecule has 1 aromatic carbocycles. The Morgan fingerprint density at radius 2 is 2.18 bits per heavy atom. The fourth-order valence-corrected chi connectivity index (χ4v) is 2.41. The molecule has 1 N–H and O–H groups in total. The lowest BCUT2D eigenvalue weighted by molar-refractivity contribution is 0.681. The summed E-state index contributed by atoms with van der Waals surface area (Å²) in [7, 11) is 0. The van der Waals surface area contributed by atoms with Gasteiger partial charge >= 0.3 is 0 Å². The summed E-state index contributed by atoms with van der Waals surface area (Å²) in [5.41, 5.74) is 1.85. The summed E-state index contributed by atoms with van der Waals surface area (Å²) >= 11 is 7.59. The first-order valence-electron chi connectivity index (χ1n) is 5.59. The van der Waals surface area contributed by atoms with Gasteiger partial charge in [-0.05, 0) is 30.6 Å². The third-order valence-corrected chi connectivity index (χ3v) is 3.45. The highest BCUT2D eigenvalue weighted by Crippen LogP contribution is 2.29. The van der Waals surface area contributed by atoms with Crippen LogP contribution in [0.5, 0.6) is 0 Å². The molecule has 0 radical (unpaired) electrons. The molecule has 1 aromatic heterocycles. The summed E-state index contributed by atoms with van der Waals surface area (Å²) in [5.74, 6) is 0. The minimum Gasteiger partial charge on any atom is -0.312 e. The van der Waals surface area contributed by atoms with Crippen molar-refractivity contribution in [2.45, 2.75) is 19.9 Å². The van der Waals surface area contributed by atoms with Crippen LogP contribution < -0.4 is 5.32 Å². The molecule has 0 aliphatic heterocycles. The predicted octanol–water partition coefficient (Wildman–Crippen LogP) is 3.36. The molecule has 0 aliphatic carbocycles. The second-order valence-corrected chi connectivity index (χ2v) is 4.95. The zero-order chi connectivity index (χ0) is 12.1. The van der Waals surface area contributed by atoms with E-state index in [4.69, 9.17) is 11.6 Å². The average molecular weight is 268 g/mol. The zero-order valence-electron chi connectivity index (χ0n) is 9.61. The molecule has 0 spiro atoms. The van der Waals surface area contributed by atoms with Crippen molar-refractivity contribution in [2.75, 3.05) is 6.54 Å². The number of hydrogen-bond donors (Lipinski definition) is 1. The van der Waals surface area contributed by atoms with E-state index in [1.807, 2.05) is 24.3 Å². The van der Waals surface area contributed by atoms with Gasteiger partial charge in [0.05, 0.1) is 9.90 Å². The molecule has 5 heteroatoms. The molecule has 0 saturated carbocycles.